The Labute approximate surface area is 132 Å². The summed E-state index contributed by atoms with van der Waals surface area (Å²) in [5, 5.41) is 4.55. The zero-order valence-electron chi connectivity index (χ0n) is 13.3. The van der Waals surface area contributed by atoms with Gasteiger partial charge in [-0.15, -0.1) is 0 Å². The maximum absolute atomic E-state index is 5.85. The van der Waals surface area contributed by atoms with Gasteiger partial charge >= 0.3 is 0 Å². The number of hydrogen-bond donors (Lipinski definition) is 0. The van der Waals surface area contributed by atoms with E-state index in [1.807, 2.05) is 6.20 Å². The molecule has 0 unspecified atom stereocenters. The van der Waals surface area contributed by atoms with Crippen LogP contribution in [0.3, 0.4) is 0 Å². The molecule has 1 aromatic heterocycles. The fraction of sp³-hybridized carbons (Fsp3) is 0.824. The lowest BCUT2D eigenvalue weighted by atomic mass is 10.0. The molecule has 1 aromatic rings. The highest BCUT2D eigenvalue weighted by Gasteiger charge is 2.30. The maximum atomic E-state index is 5.85. The SMILES string of the molecule is c1cc2n(n1)[C@@H](CCOCC1CC1)CN(C1CCOCC1)C2. The lowest BCUT2D eigenvalue weighted by Crippen LogP contribution is -2.46. The van der Waals surface area contributed by atoms with Crippen LogP contribution >= 0.6 is 0 Å². The molecule has 0 radical (unpaired) electrons. The molecule has 0 aromatic carbocycles. The number of hydrogen-bond acceptors (Lipinski definition) is 4. The maximum Gasteiger partial charge on any atom is 0.0672 e. The Morgan fingerprint density at radius 2 is 2.09 bits per heavy atom. The average molecular weight is 305 g/mol. The lowest BCUT2D eigenvalue weighted by Gasteiger charge is -2.40. The van der Waals surface area contributed by atoms with Gasteiger partial charge in [-0.1, -0.05) is 0 Å². The normalized spacial score (nSPS) is 27.0. The first-order chi connectivity index (χ1) is 10.9. The molecule has 1 aliphatic carbocycles. The van der Waals surface area contributed by atoms with Crippen LogP contribution in [0.25, 0.3) is 0 Å². The second kappa shape index (κ2) is 6.69. The molecule has 122 valence electrons. The van der Waals surface area contributed by atoms with Gasteiger partial charge in [-0.25, -0.2) is 0 Å². The summed E-state index contributed by atoms with van der Waals surface area (Å²) in [6, 6.07) is 3.30. The zero-order chi connectivity index (χ0) is 14.8. The fourth-order valence-electron chi connectivity index (χ4n) is 3.71. The molecule has 5 nitrogen and oxygen atoms in total. The minimum Gasteiger partial charge on any atom is -0.381 e. The van der Waals surface area contributed by atoms with E-state index in [0.717, 1.165) is 51.9 Å². The van der Waals surface area contributed by atoms with E-state index in [1.165, 1.54) is 31.4 Å². The number of fused-ring (bicyclic) bond motifs is 1. The van der Waals surface area contributed by atoms with Crippen molar-refractivity contribution in [3.63, 3.8) is 0 Å². The second-order valence-electron chi connectivity index (χ2n) is 7.00. The first-order valence-corrected chi connectivity index (χ1v) is 8.82. The lowest BCUT2D eigenvalue weighted by molar-refractivity contribution is 0.0119. The van der Waals surface area contributed by atoms with E-state index in [0.29, 0.717) is 12.1 Å². The number of nitrogens with zero attached hydrogens (tertiary/aromatic N) is 3. The fourth-order valence-corrected chi connectivity index (χ4v) is 3.71. The third kappa shape index (κ3) is 3.36. The molecule has 0 N–H and O–H groups in total. The molecule has 3 heterocycles. The Kier molecular flexibility index (Phi) is 4.46. The van der Waals surface area contributed by atoms with Gasteiger partial charge < -0.3 is 9.47 Å². The van der Waals surface area contributed by atoms with Gasteiger partial charge in [0.2, 0.25) is 0 Å². The topological polar surface area (TPSA) is 39.5 Å². The standard InChI is InChI=1S/C17H27N3O2/c1-2-14(1)13-22-10-6-17-12-19(15-4-8-21-9-5-15)11-16-3-7-18-20(16)17/h3,7,14-15,17H,1-2,4-6,8-13H2/t17-/m0/s1. The minimum absolute atomic E-state index is 0.459. The monoisotopic (exact) mass is 305 g/mol. The summed E-state index contributed by atoms with van der Waals surface area (Å²) < 4.78 is 13.6. The van der Waals surface area contributed by atoms with Crippen molar-refractivity contribution in [2.75, 3.05) is 33.0 Å². The molecule has 4 rings (SSSR count). The van der Waals surface area contributed by atoms with E-state index in [-0.39, 0.29) is 0 Å². The minimum atomic E-state index is 0.459. The van der Waals surface area contributed by atoms with E-state index in [4.69, 9.17) is 9.47 Å². The Balaban J connectivity index is 1.36. The Hall–Kier alpha value is -0.910. The van der Waals surface area contributed by atoms with Gasteiger partial charge in [-0.3, -0.25) is 9.58 Å². The van der Waals surface area contributed by atoms with E-state index >= 15 is 0 Å². The van der Waals surface area contributed by atoms with Crippen LogP contribution in [0.1, 0.15) is 43.8 Å². The molecule has 1 saturated carbocycles. The molecule has 1 atom stereocenters. The van der Waals surface area contributed by atoms with Crippen LogP contribution in [-0.2, 0) is 16.0 Å². The van der Waals surface area contributed by atoms with Crippen LogP contribution in [0.15, 0.2) is 12.3 Å². The van der Waals surface area contributed by atoms with Crippen LogP contribution in [0.4, 0.5) is 0 Å². The van der Waals surface area contributed by atoms with Crippen molar-refractivity contribution in [3.05, 3.63) is 18.0 Å². The van der Waals surface area contributed by atoms with Gasteiger partial charge in [-0.2, -0.15) is 5.10 Å². The van der Waals surface area contributed by atoms with E-state index in [9.17, 15) is 0 Å². The van der Waals surface area contributed by atoms with Crippen LogP contribution in [0.5, 0.6) is 0 Å². The highest BCUT2D eigenvalue weighted by molar-refractivity contribution is 5.06. The summed E-state index contributed by atoms with van der Waals surface area (Å²) in [6.07, 6.45) is 8.08. The summed E-state index contributed by atoms with van der Waals surface area (Å²) >= 11 is 0. The third-order valence-corrected chi connectivity index (χ3v) is 5.26. The predicted octanol–water partition coefficient (Wildman–Crippen LogP) is 2.24. The molecule has 22 heavy (non-hydrogen) atoms. The van der Waals surface area contributed by atoms with Gasteiger partial charge in [0, 0.05) is 51.8 Å². The van der Waals surface area contributed by atoms with Crippen molar-refractivity contribution in [3.8, 4) is 0 Å². The molecular formula is C17H27N3O2. The van der Waals surface area contributed by atoms with E-state index in [1.54, 1.807) is 0 Å². The molecular weight excluding hydrogens is 278 g/mol. The van der Waals surface area contributed by atoms with E-state index < -0.39 is 0 Å². The molecule has 5 heteroatoms. The molecule has 0 bridgehead atoms. The average Bonchev–Trinajstić information content (AvgIpc) is 3.26. The van der Waals surface area contributed by atoms with Crippen LogP contribution < -0.4 is 0 Å². The third-order valence-electron chi connectivity index (χ3n) is 5.26. The Morgan fingerprint density at radius 1 is 1.23 bits per heavy atom. The molecule has 3 aliphatic rings. The van der Waals surface area contributed by atoms with Crippen LogP contribution in [0.2, 0.25) is 0 Å². The van der Waals surface area contributed by atoms with Gasteiger partial charge in [0.1, 0.15) is 0 Å². The van der Waals surface area contributed by atoms with Crippen molar-refractivity contribution >= 4 is 0 Å². The Morgan fingerprint density at radius 3 is 2.91 bits per heavy atom. The smallest absolute Gasteiger partial charge is 0.0672 e. The zero-order valence-corrected chi connectivity index (χ0v) is 13.3. The Bertz CT molecular complexity index is 480. The van der Waals surface area contributed by atoms with Crippen molar-refractivity contribution in [2.45, 2.75) is 50.7 Å². The van der Waals surface area contributed by atoms with E-state index in [2.05, 4.69) is 20.7 Å². The quantitative estimate of drug-likeness (QED) is 0.756. The highest BCUT2D eigenvalue weighted by atomic mass is 16.5. The van der Waals surface area contributed by atoms with Gasteiger partial charge in [0.05, 0.1) is 11.7 Å². The summed E-state index contributed by atoms with van der Waals surface area (Å²) in [5.41, 5.74) is 1.35. The van der Waals surface area contributed by atoms with Gasteiger partial charge in [0.25, 0.3) is 0 Å². The predicted molar refractivity (Wildman–Crippen MR) is 83.7 cm³/mol. The molecule has 0 amide bonds. The van der Waals surface area contributed by atoms with Crippen molar-refractivity contribution < 1.29 is 9.47 Å². The van der Waals surface area contributed by atoms with Crippen molar-refractivity contribution in [2.24, 2.45) is 5.92 Å². The largest absolute Gasteiger partial charge is 0.381 e. The molecule has 0 spiro atoms. The van der Waals surface area contributed by atoms with Crippen LogP contribution in [-0.4, -0.2) is 53.7 Å². The molecule has 2 aliphatic heterocycles. The number of ether oxygens (including phenoxy) is 2. The summed E-state index contributed by atoms with van der Waals surface area (Å²) in [5.74, 6) is 0.852. The summed E-state index contributed by atoms with van der Waals surface area (Å²) in [6.45, 7) is 5.78. The second-order valence-corrected chi connectivity index (χ2v) is 7.00. The van der Waals surface area contributed by atoms with Gasteiger partial charge in [0.15, 0.2) is 0 Å². The number of rotatable bonds is 6. The highest BCUT2D eigenvalue weighted by Crippen LogP contribution is 2.30. The summed E-state index contributed by atoms with van der Waals surface area (Å²) in [4.78, 5) is 2.64. The first kappa shape index (κ1) is 14.7. The number of aromatic nitrogens is 2. The van der Waals surface area contributed by atoms with Crippen LogP contribution in [0, 0.1) is 5.92 Å². The van der Waals surface area contributed by atoms with Crippen molar-refractivity contribution in [1.29, 1.82) is 0 Å². The first-order valence-electron chi connectivity index (χ1n) is 8.82. The van der Waals surface area contributed by atoms with Gasteiger partial charge in [-0.05, 0) is 44.1 Å². The molecule has 2 fully saturated rings. The molecule has 1 saturated heterocycles. The summed E-state index contributed by atoms with van der Waals surface area (Å²) in [7, 11) is 0. The van der Waals surface area contributed by atoms with Crippen molar-refractivity contribution in [1.82, 2.24) is 14.7 Å².